The van der Waals surface area contributed by atoms with Crippen LogP contribution in [0.2, 0.25) is 0 Å². The fourth-order valence-corrected chi connectivity index (χ4v) is 2.16. The number of hydrogen-bond donors (Lipinski definition) is 1. The van der Waals surface area contributed by atoms with E-state index in [0.29, 0.717) is 0 Å². The van der Waals surface area contributed by atoms with Gasteiger partial charge in [0.1, 0.15) is 0 Å². The second-order valence-corrected chi connectivity index (χ2v) is 4.68. The van der Waals surface area contributed by atoms with Crippen LogP contribution in [0.4, 0.5) is 5.69 Å². The highest BCUT2D eigenvalue weighted by atomic mass is 15.3. The molecule has 3 aromatic heterocycles. The highest BCUT2D eigenvalue weighted by molar-refractivity contribution is 5.78. The number of fused-ring (bicyclic) bond motifs is 1. The first-order chi connectivity index (χ1) is 9.13. The van der Waals surface area contributed by atoms with Crippen LogP contribution in [0.1, 0.15) is 11.3 Å². The molecule has 0 radical (unpaired) electrons. The first-order valence-corrected chi connectivity index (χ1v) is 6.14. The number of nitrogens with one attached hydrogen (secondary N) is 1. The molecular weight excluding hydrogens is 240 g/mol. The van der Waals surface area contributed by atoms with Crippen molar-refractivity contribution in [1.82, 2.24) is 24.5 Å². The molecule has 0 unspecified atom stereocenters. The molecule has 3 rings (SSSR count). The lowest BCUT2D eigenvalue weighted by Gasteiger charge is -2.03. The molecule has 0 saturated heterocycles. The number of nitrogens with zero attached hydrogens (tertiary/aromatic N) is 5. The van der Waals surface area contributed by atoms with E-state index in [4.69, 9.17) is 0 Å². The zero-order chi connectivity index (χ0) is 13.4. The van der Waals surface area contributed by atoms with Gasteiger partial charge in [0, 0.05) is 38.4 Å². The molecule has 0 atom stereocenters. The highest BCUT2D eigenvalue weighted by Gasteiger charge is 2.07. The normalized spacial score (nSPS) is 11.1. The van der Waals surface area contributed by atoms with Gasteiger partial charge in [0.2, 0.25) is 0 Å². The molecule has 3 heterocycles. The summed E-state index contributed by atoms with van der Waals surface area (Å²) in [5.41, 5.74) is 4.06. The maximum absolute atomic E-state index is 4.46. The van der Waals surface area contributed by atoms with E-state index >= 15 is 0 Å². The zero-order valence-electron chi connectivity index (χ0n) is 11.3. The average Bonchev–Trinajstić information content (AvgIpc) is 2.92. The van der Waals surface area contributed by atoms with E-state index in [1.54, 1.807) is 10.9 Å². The van der Waals surface area contributed by atoms with Gasteiger partial charge in [0.15, 0.2) is 5.65 Å². The van der Waals surface area contributed by atoms with Crippen LogP contribution in [0.5, 0.6) is 0 Å². The van der Waals surface area contributed by atoms with Gasteiger partial charge in [-0.15, -0.1) is 0 Å². The van der Waals surface area contributed by atoms with Crippen LogP contribution < -0.4 is 5.32 Å². The van der Waals surface area contributed by atoms with Gasteiger partial charge >= 0.3 is 0 Å². The largest absolute Gasteiger partial charge is 0.378 e. The molecule has 3 aromatic rings. The van der Waals surface area contributed by atoms with Crippen LogP contribution in [0.15, 0.2) is 24.7 Å². The topological polar surface area (TPSA) is 60.6 Å². The fraction of sp³-hybridized carbons (Fsp3) is 0.308. The highest BCUT2D eigenvalue weighted by Crippen LogP contribution is 2.17. The summed E-state index contributed by atoms with van der Waals surface area (Å²) in [7, 11) is 3.81. The van der Waals surface area contributed by atoms with Crippen LogP contribution in [0, 0.1) is 6.92 Å². The summed E-state index contributed by atoms with van der Waals surface area (Å²) in [5.74, 6) is 0. The van der Waals surface area contributed by atoms with E-state index < -0.39 is 0 Å². The quantitative estimate of drug-likeness (QED) is 0.773. The SMILES string of the molecule is Cc1nn(C)c2ncc(CNc3cnn(C)c3)cc12. The second-order valence-electron chi connectivity index (χ2n) is 4.68. The molecule has 0 fully saturated rings. The third-order valence-corrected chi connectivity index (χ3v) is 3.12. The number of pyridine rings is 1. The van der Waals surface area contributed by atoms with Crippen molar-refractivity contribution in [2.24, 2.45) is 14.1 Å². The molecule has 6 heteroatoms. The third kappa shape index (κ3) is 2.16. The summed E-state index contributed by atoms with van der Waals surface area (Å²) in [6.45, 7) is 2.73. The Morgan fingerprint density at radius 2 is 2.11 bits per heavy atom. The molecule has 0 spiro atoms. The van der Waals surface area contributed by atoms with Crippen LogP contribution in [0.25, 0.3) is 11.0 Å². The van der Waals surface area contributed by atoms with E-state index in [-0.39, 0.29) is 0 Å². The van der Waals surface area contributed by atoms with E-state index in [1.807, 2.05) is 38.1 Å². The van der Waals surface area contributed by atoms with Crippen molar-refractivity contribution in [1.29, 1.82) is 0 Å². The van der Waals surface area contributed by atoms with E-state index in [1.165, 1.54) is 0 Å². The van der Waals surface area contributed by atoms with E-state index in [2.05, 4.69) is 26.6 Å². The minimum absolute atomic E-state index is 0.725. The molecule has 1 N–H and O–H groups in total. The number of anilines is 1. The summed E-state index contributed by atoms with van der Waals surface area (Å²) in [6.07, 6.45) is 5.63. The fourth-order valence-electron chi connectivity index (χ4n) is 2.16. The van der Waals surface area contributed by atoms with Gasteiger partial charge in [0.05, 0.1) is 17.6 Å². The minimum atomic E-state index is 0.725. The van der Waals surface area contributed by atoms with Gasteiger partial charge in [-0.3, -0.25) is 9.36 Å². The van der Waals surface area contributed by atoms with Crippen molar-refractivity contribution in [2.75, 3.05) is 5.32 Å². The van der Waals surface area contributed by atoms with Gasteiger partial charge in [0.25, 0.3) is 0 Å². The molecular formula is C13H16N6. The first kappa shape index (κ1) is 11.7. The molecule has 0 saturated carbocycles. The number of aryl methyl sites for hydroxylation is 3. The Hall–Kier alpha value is -2.37. The Labute approximate surface area is 111 Å². The smallest absolute Gasteiger partial charge is 0.157 e. The predicted octanol–water partition coefficient (Wildman–Crippen LogP) is 1.62. The van der Waals surface area contributed by atoms with E-state index in [9.17, 15) is 0 Å². The lowest BCUT2D eigenvalue weighted by molar-refractivity contribution is 0.768. The lowest BCUT2D eigenvalue weighted by Crippen LogP contribution is -1.99. The van der Waals surface area contributed by atoms with Gasteiger partial charge in [-0.1, -0.05) is 0 Å². The minimum Gasteiger partial charge on any atom is -0.378 e. The molecule has 0 bridgehead atoms. The standard InChI is InChI=1S/C13H16N6/c1-9-12-4-10(6-15-13(12)19(3)17-9)5-14-11-7-16-18(2)8-11/h4,6-8,14H,5H2,1-3H3. The zero-order valence-corrected chi connectivity index (χ0v) is 11.3. The van der Waals surface area contributed by atoms with Gasteiger partial charge in [-0.05, 0) is 18.6 Å². The maximum Gasteiger partial charge on any atom is 0.157 e. The maximum atomic E-state index is 4.46. The van der Waals surface area contributed by atoms with Crippen LogP contribution in [0.3, 0.4) is 0 Å². The Bertz CT molecular complexity index is 724. The molecule has 0 amide bonds. The number of hydrogen-bond acceptors (Lipinski definition) is 4. The molecule has 0 aliphatic heterocycles. The van der Waals surface area contributed by atoms with Gasteiger partial charge in [-0.25, -0.2) is 4.98 Å². The van der Waals surface area contributed by atoms with Crippen molar-refractivity contribution in [2.45, 2.75) is 13.5 Å². The lowest BCUT2D eigenvalue weighted by atomic mass is 10.2. The molecule has 0 aliphatic carbocycles. The predicted molar refractivity (Wildman–Crippen MR) is 73.8 cm³/mol. The van der Waals surface area contributed by atoms with Crippen molar-refractivity contribution >= 4 is 16.7 Å². The van der Waals surface area contributed by atoms with Crippen molar-refractivity contribution < 1.29 is 0 Å². The van der Waals surface area contributed by atoms with Crippen LogP contribution >= 0.6 is 0 Å². The van der Waals surface area contributed by atoms with Gasteiger partial charge < -0.3 is 5.32 Å². The Kier molecular flexibility index (Phi) is 2.70. The summed E-state index contributed by atoms with van der Waals surface area (Å²) in [6, 6.07) is 2.13. The summed E-state index contributed by atoms with van der Waals surface area (Å²) in [5, 5.41) is 12.9. The Morgan fingerprint density at radius 1 is 1.26 bits per heavy atom. The average molecular weight is 256 g/mol. The first-order valence-electron chi connectivity index (χ1n) is 6.14. The number of rotatable bonds is 3. The van der Waals surface area contributed by atoms with Crippen LogP contribution in [-0.2, 0) is 20.6 Å². The van der Waals surface area contributed by atoms with Crippen molar-refractivity contribution in [3.8, 4) is 0 Å². The van der Waals surface area contributed by atoms with Gasteiger partial charge in [-0.2, -0.15) is 10.2 Å². The Morgan fingerprint density at radius 3 is 2.84 bits per heavy atom. The molecule has 0 aromatic carbocycles. The summed E-state index contributed by atoms with van der Waals surface area (Å²) < 4.78 is 3.58. The second kappa shape index (κ2) is 4.38. The van der Waals surface area contributed by atoms with Crippen molar-refractivity contribution in [3.05, 3.63) is 35.9 Å². The Balaban J connectivity index is 1.83. The van der Waals surface area contributed by atoms with E-state index in [0.717, 1.165) is 34.5 Å². The van der Waals surface area contributed by atoms with Crippen LogP contribution in [-0.4, -0.2) is 24.5 Å². The molecule has 19 heavy (non-hydrogen) atoms. The molecule has 98 valence electrons. The summed E-state index contributed by atoms with van der Waals surface area (Å²) >= 11 is 0. The molecule has 0 aliphatic rings. The van der Waals surface area contributed by atoms with Crippen molar-refractivity contribution in [3.63, 3.8) is 0 Å². The number of aromatic nitrogens is 5. The third-order valence-electron chi connectivity index (χ3n) is 3.12. The molecule has 6 nitrogen and oxygen atoms in total. The summed E-state index contributed by atoms with van der Waals surface area (Å²) in [4.78, 5) is 4.46. The monoisotopic (exact) mass is 256 g/mol.